The molecule has 0 aliphatic rings. The van der Waals surface area contributed by atoms with Crippen molar-refractivity contribution in [3.05, 3.63) is 23.3 Å². The fraction of sp³-hybridized carbons (Fsp3) is 0.333. The second-order valence-electron chi connectivity index (χ2n) is 3.26. The van der Waals surface area contributed by atoms with Crippen LogP contribution < -0.4 is 9.47 Å². The van der Waals surface area contributed by atoms with Crippen LogP contribution in [0.15, 0.2) is 12.1 Å². The van der Waals surface area contributed by atoms with E-state index in [9.17, 15) is 13.6 Å². The van der Waals surface area contributed by atoms with Crippen molar-refractivity contribution in [1.82, 2.24) is 0 Å². The molecule has 0 radical (unpaired) electrons. The lowest BCUT2D eigenvalue weighted by molar-refractivity contribution is -0.0502. The molecule has 0 unspecified atom stereocenters. The van der Waals surface area contributed by atoms with Crippen LogP contribution in [0.3, 0.4) is 0 Å². The quantitative estimate of drug-likeness (QED) is 0.769. The number of ether oxygens (including phenoxy) is 3. The summed E-state index contributed by atoms with van der Waals surface area (Å²) in [5.74, 6) is -1.13. The number of halogens is 2. The number of carbonyl (C=O) groups is 1. The summed E-state index contributed by atoms with van der Waals surface area (Å²) in [6.45, 7) is -1.44. The standard InChI is InChI=1S/C12H11F2NO4/c1-3-18-11(16)8-4-7(17-2)5-10(9(8)6-15)19-12(13)14/h4-5,12H,3H2,1-2H3. The zero-order chi connectivity index (χ0) is 14.4. The van der Waals surface area contributed by atoms with Crippen LogP contribution in [0.1, 0.15) is 22.8 Å². The molecule has 0 saturated heterocycles. The molecule has 0 fully saturated rings. The highest BCUT2D eigenvalue weighted by molar-refractivity contribution is 5.93. The second kappa shape index (κ2) is 6.54. The molecule has 0 heterocycles. The van der Waals surface area contributed by atoms with E-state index < -0.39 is 18.3 Å². The van der Waals surface area contributed by atoms with Crippen LogP contribution in [0, 0.1) is 11.3 Å². The zero-order valence-corrected chi connectivity index (χ0v) is 10.3. The topological polar surface area (TPSA) is 68.6 Å². The monoisotopic (exact) mass is 271 g/mol. The molecule has 0 bridgehead atoms. The number of esters is 1. The minimum atomic E-state index is -3.12. The van der Waals surface area contributed by atoms with E-state index >= 15 is 0 Å². The van der Waals surface area contributed by atoms with Crippen LogP contribution in [0.5, 0.6) is 11.5 Å². The summed E-state index contributed by atoms with van der Waals surface area (Å²) in [5, 5.41) is 8.97. The van der Waals surface area contributed by atoms with Gasteiger partial charge in [0.1, 0.15) is 23.1 Å². The van der Waals surface area contributed by atoms with E-state index in [0.29, 0.717) is 0 Å². The molecule has 102 valence electrons. The van der Waals surface area contributed by atoms with E-state index in [1.54, 1.807) is 13.0 Å². The van der Waals surface area contributed by atoms with Crippen LogP contribution in [-0.2, 0) is 4.74 Å². The first-order valence-electron chi connectivity index (χ1n) is 5.27. The average Bonchev–Trinajstić information content (AvgIpc) is 2.37. The Morgan fingerprint density at radius 1 is 1.47 bits per heavy atom. The van der Waals surface area contributed by atoms with Crippen LogP contribution in [0.4, 0.5) is 8.78 Å². The molecular formula is C12H11F2NO4. The van der Waals surface area contributed by atoms with Crippen LogP contribution in [0.25, 0.3) is 0 Å². The van der Waals surface area contributed by atoms with Crippen molar-refractivity contribution < 1.29 is 27.8 Å². The van der Waals surface area contributed by atoms with Gasteiger partial charge in [-0.15, -0.1) is 0 Å². The van der Waals surface area contributed by atoms with Gasteiger partial charge < -0.3 is 14.2 Å². The maximum Gasteiger partial charge on any atom is 0.387 e. The molecule has 1 rings (SSSR count). The van der Waals surface area contributed by atoms with Crippen LogP contribution in [0.2, 0.25) is 0 Å². The van der Waals surface area contributed by atoms with Crippen molar-refractivity contribution in [2.45, 2.75) is 13.5 Å². The molecule has 0 spiro atoms. The Labute approximate surface area is 108 Å². The molecule has 0 N–H and O–H groups in total. The molecule has 0 saturated carbocycles. The molecule has 0 amide bonds. The van der Waals surface area contributed by atoms with Gasteiger partial charge in [-0.1, -0.05) is 0 Å². The molecule has 7 heteroatoms. The molecule has 0 aliphatic carbocycles. The number of alkyl halides is 2. The Morgan fingerprint density at radius 3 is 2.63 bits per heavy atom. The fourth-order valence-corrected chi connectivity index (χ4v) is 1.38. The van der Waals surface area contributed by atoms with E-state index in [1.807, 2.05) is 0 Å². The van der Waals surface area contributed by atoms with Gasteiger partial charge in [0.2, 0.25) is 0 Å². The summed E-state index contributed by atoms with van der Waals surface area (Å²) < 4.78 is 38.3. The van der Waals surface area contributed by atoms with Gasteiger partial charge in [0, 0.05) is 6.07 Å². The summed E-state index contributed by atoms with van der Waals surface area (Å²) >= 11 is 0. The Bertz CT molecular complexity index is 511. The van der Waals surface area contributed by atoms with Crippen molar-refractivity contribution >= 4 is 5.97 Å². The van der Waals surface area contributed by atoms with Gasteiger partial charge in [-0.05, 0) is 13.0 Å². The number of nitriles is 1. The summed E-state index contributed by atoms with van der Waals surface area (Å²) in [4.78, 5) is 11.7. The van der Waals surface area contributed by atoms with Crippen molar-refractivity contribution in [3.63, 3.8) is 0 Å². The first kappa shape index (κ1) is 14.7. The van der Waals surface area contributed by atoms with Gasteiger partial charge >= 0.3 is 12.6 Å². The van der Waals surface area contributed by atoms with Crippen molar-refractivity contribution in [2.24, 2.45) is 0 Å². The summed E-state index contributed by atoms with van der Waals surface area (Å²) in [5.41, 5.74) is -0.501. The average molecular weight is 271 g/mol. The Balaban J connectivity index is 3.35. The van der Waals surface area contributed by atoms with E-state index in [0.717, 1.165) is 6.07 Å². The first-order chi connectivity index (χ1) is 9.03. The number of methoxy groups -OCH3 is 1. The predicted molar refractivity (Wildman–Crippen MR) is 60.3 cm³/mol. The van der Waals surface area contributed by atoms with Gasteiger partial charge in [0.25, 0.3) is 0 Å². The summed E-state index contributed by atoms with van der Waals surface area (Å²) in [6, 6.07) is 3.98. The minimum absolute atomic E-state index is 0.0892. The van der Waals surface area contributed by atoms with Gasteiger partial charge in [-0.25, -0.2) is 4.79 Å². The summed E-state index contributed by atoms with van der Waals surface area (Å²) in [7, 11) is 1.29. The highest BCUT2D eigenvalue weighted by atomic mass is 19.3. The lowest BCUT2D eigenvalue weighted by Gasteiger charge is -2.12. The predicted octanol–water partition coefficient (Wildman–Crippen LogP) is 2.34. The SMILES string of the molecule is CCOC(=O)c1cc(OC)cc(OC(F)F)c1C#N. The van der Waals surface area contributed by atoms with Gasteiger partial charge in [0.05, 0.1) is 19.3 Å². The zero-order valence-electron chi connectivity index (χ0n) is 10.3. The highest BCUT2D eigenvalue weighted by Crippen LogP contribution is 2.30. The van der Waals surface area contributed by atoms with Crippen molar-refractivity contribution in [3.8, 4) is 17.6 Å². The van der Waals surface area contributed by atoms with E-state index in [2.05, 4.69) is 4.74 Å². The normalized spacial score (nSPS) is 9.89. The van der Waals surface area contributed by atoms with Gasteiger partial charge in [0.15, 0.2) is 0 Å². The van der Waals surface area contributed by atoms with Crippen molar-refractivity contribution in [2.75, 3.05) is 13.7 Å². The number of hydrogen-bond acceptors (Lipinski definition) is 5. The molecule has 0 aliphatic heterocycles. The number of benzene rings is 1. The largest absolute Gasteiger partial charge is 0.497 e. The fourth-order valence-electron chi connectivity index (χ4n) is 1.38. The number of rotatable bonds is 5. The summed E-state index contributed by atoms with van der Waals surface area (Å²) in [6.07, 6.45) is 0. The molecule has 0 aromatic heterocycles. The molecule has 0 atom stereocenters. The number of carbonyl (C=O) groups excluding carboxylic acids is 1. The third kappa shape index (κ3) is 3.55. The van der Waals surface area contributed by atoms with E-state index in [4.69, 9.17) is 14.7 Å². The second-order valence-corrected chi connectivity index (χ2v) is 3.26. The molecule has 1 aromatic carbocycles. The lowest BCUT2D eigenvalue weighted by Crippen LogP contribution is -2.11. The first-order valence-corrected chi connectivity index (χ1v) is 5.27. The lowest BCUT2D eigenvalue weighted by atomic mass is 10.1. The number of hydrogen-bond donors (Lipinski definition) is 0. The maximum absolute atomic E-state index is 12.3. The van der Waals surface area contributed by atoms with Gasteiger partial charge in [-0.3, -0.25) is 0 Å². The van der Waals surface area contributed by atoms with E-state index in [1.165, 1.54) is 13.2 Å². The number of nitrogens with zero attached hydrogens (tertiary/aromatic N) is 1. The van der Waals surface area contributed by atoms with Gasteiger partial charge in [-0.2, -0.15) is 14.0 Å². The Morgan fingerprint density at radius 2 is 2.16 bits per heavy atom. The minimum Gasteiger partial charge on any atom is -0.497 e. The van der Waals surface area contributed by atoms with E-state index in [-0.39, 0.29) is 23.5 Å². The smallest absolute Gasteiger partial charge is 0.387 e. The third-order valence-electron chi connectivity index (χ3n) is 2.13. The Hall–Kier alpha value is -2.36. The molecule has 1 aromatic rings. The van der Waals surface area contributed by atoms with Crippen LogP contribution in [-0.4, -0.2) is 26.3 Å². The third-order valence-corrected chi connectivity index (χ3v) is 2.13. The molecule has 19 heavy (non-hydrogen) atoms. The Kier molecular flexibility index (Phi) is 5.06. The molecule has 5 nitrogen and oxygen atoms in total. The van der Waals surface area contributed by atoms with Crippen molar-refractivity contribution in [1.29, 1.82) is 5.26 Å². The van der Waals surface area contributed by atoms with Crippen LogP contribution >= 0.6 is 0 Å². The molecular weight excluding hydrogens is 260 g/mol. The maximum atomic E-state index is 12.3. The highest BCUT2D eigenvalue weighted by Gasteiger charge is 2.21.